The van der Waals surface area contributed by atoms with Crippen LogP contribution in [0.5, 0.6) is 0 Å². The molecule has 0 amide bonds. The normalized spacial score (nSPS) is 22.0. The van der Waals surface area contributed by atoms with Gasteiger partial charge in [-0.15, -0.1) is 0 Å². The Hall–Kier alpha value is -1.62. The number of hydrogen-bond donors (Lipinski definition) is 0. The van der Waals surface area contributed by atoms with Gasteiger partial charge in [0.2, 0.25) is 0 Å². The third-order valence-electron chi connectivity index (χ3n) is 4.02. The molecule has 2 atom stereocenters. The topological polar surface area (TPSA) is 60.4 Å². The van der Waals surface area contributed by atoms with Crippen LogP contribution >= 0.6 is 0 Å². The molecule has 5 heteroatoms. The lowest BCUT2D eigenvalue weighted by Crippen LogP contribution is -2.32. The molecule has 1 aliphatic heterocycles. The van der Waals surface area contributed by atoms with Gasteiger partial charge in [0.25, 0.3) is 0 Å². The van der Waals surface area contributed by atoms with Gasteiger partial charge >= 0.3 is 0 Å². The van der Waals surface area contributed by atoms with E-state index in [2.05, 4.69) is 0 Å². The molecule has 0 unspecified atom stereocenters. The van der Waals surface area contributed by atoms with E-state index >= 15 is 0 Å². The van der Waals surface area contributed by atoms with Gasteiger partial charge in [-0.1, -0.05) is 32.0 Å². The lowest BCUT2D eigenvalue weighted by Gasteiger charge is -2.23. The summed E-state index contributed by atoms with van der Waals surface area (Å²) in [5, 5.41) is 0. The second kappa shape index (κ2) is 6.24. The van der Waals surface area contributed by atoms with Crippen LogP contribution in [0.15, 0.2) is 46.6 Å². The van der Waals surface area contributed by atoms with Crippen molar-refractivity contribution >= 4 is 15.6 Å². The van der Waals surface area contributed by atoms with Gasteiger partial charge in [0.1, 0.15) is 11.9 Å². The molecule has 0 aromatic heterocycles. The van der Waals surface area contributed by atoms with Gasteiger partial charge in [0, 0.05) is 11.5 Å². The lowest BCUT2D eigenvalue weighted by atomic mass is 9.83. The van der Waals surface area contributed by atoms with E-state index in [1.165, 1.54) is 6.92 Å². The number of ketones is 1. The summed E-state index contributed by atoms with van der Waals surface area (Å²) in [7, 11) is -3.45. The average molecular weight is 322 g/mol. The highest BCUT2D eigenvalue weighted by Crippen LogP contribution is 2.38. The second-order valence-corrected chi connectivity index (χ2v) is 8.08. The monoisotopic (exact) mass is 322 g/mol. The number of ether oxygens (including phenoxy) is 1. The number of carbonyl (C=O) groups is 1. The maximum absolute atomic E-state index is 12.6. The smallest absolute Gasteiger partial charge is 0.182 e. The molecule has 1 aromatic carbocycles. The number of hydrogen-bond acceptors (Lipinski definition) is 4. The maximum Gasteiger partial charge on any atom is 0.182 e. The molecule has 1 heterocycles. The van der Waals surface area contributed by atoms with E-state index in [-0.39, 0.29) is 28.3 Å². The van der Waals surface area contributed by atoms with Crippen molar-refractivity contribution in [2.75, 3.05) is 5.75 Å². The molecule has 0 radical (unpaired) electrons. The first-order valence-corrected chi connectivity index (χ1v) is 9.05. The van der Waals surface area contributed by atoms with Crippen LogP contribution in [-0.4, -0.2) is 26.1 Å². The van der Waals surface area contributed by atoms with Crippen LogP contribution < -0.4 is 0 Å². The largest absolute Gasteiger partial charge is 0.493 e. The Morgan fingerprint density at radius 1 is 1.23 bits per heavy atom. The highest BCUT2D eigenvalue weighted by Gasteiger charge is 2.41. The number of rotatable bonds is 5. The van der Waals surface area contributed by atoms with Crippen molar-refractivity contribution in [1.82, 2.24) is 0 Å². The van der Waals surface area contributed by atoms with Gasteiger partial charge in [-0.25, -0.2) is 8.42 Å². The minimum absolute atomic E-state index is 0.0455. The van der Waals surface area contributed by atoms with Crippen molar-refractivity contribution in [2.24, 2.45) is 11.8 Å². The van der Waals surface area contributed by atoms with E-state index in [4.69, 9.17) is 4.74 Å². The summed E-state index contributed by atoms with van der Waals surface area (Å²) < 4.78 is 30.9. The Morgan fingerprint density at radius 2 is 1.82 bits per heavy atom. The zero-order valence-corrected chi connectivity index (χ0v) is 14.2. The van der Waals surface area contributed by atoms with E-state index in [1.54, 1.807) is 37.3 Å². The van der Waals surface area contributed by atoms with E-state index < -0.39 is 15.9 Å². The summed E-state index contributed by atoms with van der Waals surface area (Å²) in [5.41, 5.74) is 0.628. The van der Waals surface area contributed by atoms with Crippen molar-refractivity contribution in [2.45, 2.75) is 38.7 Å². The van der Waals surface area contributed by atoms with Crippen molar-refractivity contribution < 1.29 is 17.9 Å². The Balaban J connectivity index is 2.29. The van der Waals surface area contributed by atoms with Crippen LogP contribution in [0.25, 0.3) is 0 Å². The zero-order chi connectivity index (χ0) is 16.5. The van der Waals surface area contributed by atoms with Crippen LogP contribution in [0.4, 0.5) is 0 Å². The molecule has 22 heavy (non-hydrogen) atoms. The lowest BCUT2D eigenvalue weighted by molar-refractivity contribution is -0.114. The van der Waals surface area contributed by atoms with Crippen molar-refractivity contribution in [1.29, 1.82) is 0 Å². The maximum atomic E-state index is 12.6. The number of sulfone groups is 1. The van der Waals surface area contributed by atoms with Crippen molar-refractivity contribution in [3.8, 4) is 0 Å². The van der Waals surface area contributed by atoms with Gasteiger partial charge in [-0.3, -0.25) is 4.79 Å². The molecule has 1 aliphatic rings. The van der Waals surface area contributed by atoms with Gasteiger partial charge in [-0.2, -0.15) is 0 Å². The third kappa shape index (κ3) is 3.24. The molecule has 1 aromatic rings. The quantitative estimate of drug-likeness (QED) is 0.836. The van der Waals surface area contributed by atoms with Crippen molar-refractivity contribution in [3.63, 3.8) is 0 Å². The average Bonchev–Trinajstić information content (AvgIpc) is 2.75. The predicted octanol–water partition coefficient (Wildman–Crippen LogP) is 2.99. The molecule has 0 spiro atoms. The standard InChI is InChI=1S/C17H22O4S/c1-11(2)16-15(21-13(4)17(16)12(3)18)10-22(19,20)14-8-6-5-7-9-14/h5-9,11,15-16H,10H2,1-4H3/t15-,16-/m1/s1. The highest BCUT2D eigenvalue weighted by molar-refractivity contribution is 7.91. The molecule has 0 bridgehead atoms. The SMILES string of the molecule is CC(=O)C1=C(C)O[C@H](CS(=O)(=O)c2ccccc2)[C@H]1C(C)C. The summed E-state index contributed by atoms with van der Waals surface area (Å²) in [6, 6.07) is 8.35. The van der Waals surface area contributed by atoms with E-state index in [0.29, 0.717) is 11.3 Å². The van der Waals surface area contributed by atoms with E-state index in [0.717, 1.165) is 0 Å². The third-order valence-corrected chi connectivity index (χ3v) is 5.78. The van der Waals surface area contributed by atoms with E-state index in [1.807, 2.05) is 13.8 Å². The Bertz CT molecular complexity index is 687. The number of Topliss-reactive ketones (excluding diaryl/α,β-unsaturated/α-hetero) is 1. The summed E-state index contributed by atoms with van der Waals surface area (Å²) in [6.45, 7) is 7.21. The van der Waals surface area contributed by atoms with E-state index in [9.17, 15) is 13.2 Å². The first-order chi connectivity index (χ1) is 10.2. The van der Waals surface area contributed by atoms with Gasteiger partial charge < -0.3 is 4.74 Å². The highest BCUT2D eigenvalue weighted by atomic mass is 32.2. The fourth-order valence-electron chi connectivity index (χ4n) is 3.11. The summed E-state index contributed by atoms with van der Waals surface area (Å²) in [5.74, 6) is 0.340. The molecule has 0 saturated heterocycles. The number of allylic oxidation sites excluding steroid dienone is 1. The molecule has 4 nitrogen and oxygen atoms in total. The van der Waals surface area contributed by atoms with Crippen LogP contribution in [0.3, 0.4) is 0 Å². The van der Waals surface area contributed by atoms with Gasteiger partial charge in [0.15, 0.2) is 15.6 Å². The van der Waals surface area contributed by atoms with Crippen LogP contribution in [0, 0.1) is 11.8 Å². The minimum Gasteiger partial charge on any atom is -0.493 e. The summed E-state index contributed by atoms with van der Waals surface area (Å²) in [4.78, 5) is 12.2. The van der Waals surface area contributed by atoms with Crippen molar-refractivity contribution in [3.05, 3.63) is 41.7 Å². The molecule has 0 fully saturated rings. The molecule has 0 saturated carbocycles. The fourth-order valence-corrected chi connectivity index (χ4v) is 4.58. The first kappa shape index (κ1) is 16.7. The molecule has 120 valence electrons. The van der Waals surface area contributed by atoms with Crippen LogP contribution in [0.2, 0.25) is 0 Å². The molecular formula is C17H22O4S. The Kier molecular flexibility index (Phi) is 4.75. The number of carbonyl (C=O) groups excluding carboxylic acids is 1. The fraction of sp³-hybridized carbons (Fsp3) is 0.471. The van der Waals surface area contributed by atoms with Gasteiger partial charge in [-0.05, 0) is 31.9 Å². The summed E-state index contributed by atoms with van der Waals surface area (Å²) >= 11 is 0. The molecule has 0 N–H and O–H groups in total. The Morgan fingerprint density at radius 3 is 2.32 bits per heavy atom. The summed E-state index contributed by atoms with van der Waals surface area (Å²) in [6.07, 6.45) is -0.510. The molecule has 2 rings (SSSR count). The molecular weight excluding hydrogens is 300 g/mol. The molecule has 0 aliphatic carbocycles. The first-order valence-electron chi connectivity index (χ1n) is 7.40. The zero-order valence-electron chi connectivity index (χ0n) is 13.4. The second-order valence-electron chi connectivity index (χ2n) is 6.05. The van der Waals surface area contributed by atoms with Gasteiger partial charge in [0.05, 0.1) is 10.6 Å². The Labute approximate surface area is 132 Å². The van der Waals surface area contributed by atoms with Crippen LogP contribution in [0.1, 0.15) is 27.7 Å². The number of benzene rings is 1. The minimum atomic E-state index is -3.45. The van der Waals surface area contributed by atoms with Crippen LogP contribution in [-0.2, 0) is 19.4 Å². The predicted molar refractivity (Wildman–Crippen MR) is 85.1 cm³/mol.